The molecule has 112 valence electrons. The van der Waals surface area contributed by atoms with E-state index in [2.05, 4.69) is 5.10 Å². The first-order valence-corrected chi connectivity index (χ1v) is 6.43. The van der Waals surface area contributed by atoms with Gasteiger partial charge in [-0.15, -0.1) is 5.10 Å². The van der Waals surface area contributed by atoms with Crippen molar-refractivity contribution in [3.05, 3.63) is 72.3 Å². The van der Waals surface area contributed by atoms with E-state index in [0.717, 1.165) is 12.1 Å². The summed E-state index contributed by atoms with van der Waals surface area (Å²) in [6.07, 6.45) is -2.95. The molecular weight excluding hydrogens is 296 g/mol. The quantitative estimate of drug-likeness (QED) is 0.628. The van der Waals surface area contributed by atoms with Crippen LogP contribution in [-0.2, 0) is 6.18 Å². The zero-order chi connectivity index (χ0) is 15.7. The second kappa shape index (κ2) is 5.29. The third-order valence-corrected chi connectivity index (χ3v) is 3.21. The summed E-state index contributed by atoms with van der Waals surface area (Å²) in [5.74, 6) is -0.675. The summed E-state index contributed by atoms with van der Waals surface area (Å²) in [5, 5.41) is 3.72. The zero-order valence-corrected chi connectivity index (χ0v) is 11.2. The fourth-order valence-corrected chi connectivity index (χ4v) is 2.10. The molecular formula is C16H10F4N2. The number of hydrogen-bond donors (Lipinski definition) is 0. The van der Waals surface area contributed by atoms with Gasteiger partial charge in [-0.2, -0.15) is 17.6 Å². The maximum atomic E-state index is 13.9. The minimum atomic E-state index is -4.40. The fourth-order valence-electron chi connectivity index (χ4n) is 2.10. The minimum absolute atomic E-state index is 0.292. The molecule has 6 heteroatoms. The summed E-state index contributed by atoms with van der Waals surface area (Å²) >= 11 is 0. The lowest BCUT2D eigenvalue weighted by atomic mass is 10.1. The van der Waals surface area contributed by atoms with Gasteiger partial charge in [0.15, 0.2) is 0 Å². The molecule has 0 unspecified atom stereocenters. The average Bonchev–Trinajstić information content (AvgIpc) is 2.89. The maximum Gasteiger partial charge on any atom is 0.416 e. The Balaban J connectivity index is 1.97. The van der Waals surface area contributed by atoms with Crippen molar-refractivity contribution in [3.8, 4) is 16.8 Å². The average molecular weight is 306 g/mol. The second-order valence-corrected chi connectivity index (χ2v) is 4.69. The molecule has 2 nitrogen and oxygen atoms in total. The van der Waals surface area contributed by atoms with Gasteiger partial charge in [-0.05, 0) is 29.8 Å². The van der Waals surface area contributed by atoms with Crippen LogP contribution in [0, 0.1) is 5.95 Å². The number of hydrogen-bond acceptors (Lipinski definition) is 1. The SMILES string of the molecule is Fc1nn(-c2ccc(C(F)(F)F)cc2)cc1-c1ccccc1. The van der Waals surface area contributed by atoms with Gasteiger partial charge in [-0.1, -0.05) is 30.3 Å². The van der Waals surface area contributed by atoms with Gasteiger partial charge in [0.25, 0.3) is 0 Å². The van der Waals surface area contributed by atoms with Crippen molar-refractivity contribution >= 4 is 0 Å². The first-order chi connectivity index (χ1) is 10.4. The third-order valence-electron chi connectivity index (χ3n) is 3.21. The Kier molecular flexibility index (Phi) is 3.44. The molecule has 0 saturated heterocycles. The van der Waals surface area contributed by atoms with Gasteiger partial charge in [0.2, 0.25) is 5.95 Å². The third kappa shape index (κ3) is 2.72. The molecule has 1 heterocycles. The van der Waals surface area contributed by atoms with Crippen LogP contribution in [0.2, 0.25) is 0 Å². The normalized spacial score (nSPS) is 11.6. The Hall–Kier alpha value is -2.63. The lowest BCUT2D eigenvalue weighted by Crippen LogP contribution is -2.05. The van der Waals surface area contributed by atoms with E-state index in [1.54, 1.807) is 24.3 Å². The van der Waals surface area contributed by atoms with E-state index in [-0.39, 0.29) is 0 Å². The van der Waals surface area contributed by atoms with E-state index in [1.165, 1.54) is 23.0 Å². The van der Waals surface area contributed by atoms with Crippen LogP contribution in [0.3, 0.4) is 0 Å². The molecule has 3 rings (SSSR count). The molecule has 2 aromatic carbocycles. The lowest BCUT2D eigenvalue weighted by Gasteiger charge is -2.07. The number of benzene rings is 2. The van der Waals surface area contributed by atoms with Crippen molar-refractivity contribution in [3.63, 3.8) is 0 Å². The number of aromatic nitrogens is 2. The van der Waals surface area contributed by atoms with Crippen LogP contribution < -0.4 is 0 Å². The molecule has 0 aliphatic rings. The van der Waals surface area contributed by atoms with Gasteiger partial charge in [-0.25, -0.2) is 4.68 Å². The Bertz CT molecular complexity index is 774. The van der Waals surface area contributed by atoms with E-state index in [1.807, 2.05) is 6.07 Å². The summed E-state index contributed by atoms with van der Waals surface area (Å²) in [6.45, 7) is 0. The molecule has 22 heavy (non-hydrogen) atoms. The van der Waals surface area contributed by atoms with E-state index >= 15 is 0 Å². The Labute approximate surface area is 123 Å². The highest BCUT2D eigenvalue weighted by Crippen LogP contribution is 2.30. The summed E-state index contributed by atoms with van der Waals surface area (Å²) in [6, 6.07) is 13.2. The van der Waals surface area contributed by atoms with Crippen LogP contribution in [-0.4, -0.2) is 9.78 Å². The molecule has 0 aliphatic carbocycles. The Morgan fingerprint density at radius 3 is 2.09 bits per heavy atom. The van der Waals surface area contributed by atoms with Crippen LogP contribution in [0.5, 0.6) is 0 Å². The fraction of sp³-hybridized carbons (Fsp3) is 0.0625. The van der Waals surface area contributed by atoms with Crippen LogP contribution in [0.15, 0.2) is 60.8 Å². The predicted molar refractivity (Wildman–Crippen MR) is 74.0 cm³/mol. The van der Waals surface area contributed by atoms with Gasteiger partial charge in [0.05, 0.1) is 16.8 Å². The van der Waals surface area contributed by atoms with Crippen LogP contribution in [0.25, 0.3) is 16.8 Å². The molecule has 0 N–H and O–H groups in total. The van der Waals surface area contributed by atoms with Gasteiger partial charge in [-0.3, -0.25) is 0 Å². The van der Waals surface area contributed by atoms with Gasteiger partial charge < -0.3 is 0 Å². The first kappa shape index (κ1) is 14.3. The molecule has 0 bridgehead atoms. The summed E-state index contributed by atoms with van der Waals surface area (Å²) in [7, 11) is 0. The lowest BCUT2D eigenvalue weighted by molar-refractivity contribution is -0.137. The molecule has 0 atom stereocenters. The molecule has 1 aromatic heterocycles. The number of alkyl halides is 3. The van der Waals surface area contributed by atoms with Gasteiger partial charge in [0.1, 0.15) is 0 Å². The van der Waals surface area contributed by atoms with Crippen LogP contribution in [0.1, 0.15) is 5.56 Å². The number of rotatable bonds is 2. The molecule has 0 radical (unpaired) electrons. The van der Waals surface area contributed by atoms with Crippen LogP contribution >= 0.6 is 0 Å². The van der Waals surface area contributed by atoms with Crippen LogP contribution in [0.4, 0.5) is 17.6 Å². The van der Waals surface area contributed by atoms with Gasteiger partial charge in [0, 0.05) is 6.20 Å². The molecule has 3 aromatic rings. The van der Waals surface area contributed by atoms with E-state index in [4.69, 9.17) is 0 Å². The van der Waals surface area contributed by atoms with Crippen molar-refractivity contribution in [1.82, 2.24) is 9.78 Å². The maximum absolute atomic E-state index is 13.9. The monoisotopic (exact) mass is 306 g/mol. The van der Waals surface area contributed by atoms with Crippen molar-refractivity contribution in [1.29, 1.82) is 0 Å². The Morgan fingerprint density at radius 1 is 0.864 bits per heavy atom. The molecule has 0 amide bonds. The highest BCUT2D eigenvalue weighted by Gasteiger charge is 2.30. The van der Waals surface area contributed by atoms with Crippen molar-refractivity contribution in [2.45, 2.75) is 6.18 Å². The number of halogens is 4. The predicted octanol–water partition coefficient (Wildman–Crippen LogP) is 4.70. The summed E-state index contributed by atoms with van der Waals surface area (Å²) in [4.78, 5) is 0. The topological polar surface area (TPSA) is 17.8 Å². The highest BCUT2D eigenvalue weighted by atomic mass is 19.4. The van der Waals surface area contributed by atoms with Crippen molar-refractivity contribution in [2.24, 2.45) is 0 Å². The zero-order valence-electron chi connectivity index (χ0n) is 11.2. The smallest absolute Gasteiger partial charge is 0.237 e. The van der Waals surface area contributed by atoms with E-state index < -0.39 is 17.7 Å². The standard InChI is InChI=1S/C16H10F4N2/c17-15-14(11-4-2-1-3-5-11)10-22(21-15)13-8-6-12(7-9-13)16(18,19)20/h1-10H. The summed E-state index contributed by atoms with van der Waals surface area (Å²) in [5.41, 5.74) is 0.542. The molecule has 0 saturated carbocycles. The second-order valence-electron chi connectivity index (χ2n) is 4.69. The molecule has 0 spiro atoms. The summed E-state index contributed by atoms with van der Waals surface area (Å²) < 4.78 is 52.7. The van der Waals surface area contributed by atoms with E-state index in [9.17, 15) is 17.6 Å². The van der Waals surface area contributed by atoms with Crippen molar-refractivity contribution in [2.75, 3.05) is 0 Å². The minimum Gasteiger partial charge on any atom is -0.237 e. The largest absolute Gasteiger partial charge is 0.416 e. The Morgan fingerprint density at radius 2 is 1.50 bits per heavy atom. The first-order valence-electron chi connectivity index (χ1n) is 6.43. The highest BCUT2D eigenvalue weighted by molar-refractivity contribution is 5.62. The van der Waals surface area contributed by atoms with E-state index in [0.29, 0.717) is 16.8 Å². The van der Waals surface area contributed by atoms with Gasteiger partial charge >= 0.3 is 6.18 Å². The number of nitrogens with zero attached hydrogens (tertiary/aromatic N) is 2. The van der Waals surface area contributed by atoms with Crippen molar-refractivity contribution < 1.29 is 17.6 Å². The molecule has 0 aliphatic heterocycles. The molecule has 0 fully saturated rings.